The lowest BCUT2D eigenvalue weighted by molar-refractivity contribution is -0.105. The van der Waals surface area contributed by atoms with Crippen LogP contribution in [0.25, 0.3) is 0 Å². The maximum Gasteiger partial charge on any atom is 0.167 e. The van der Waals surface area contributed by atoms with E-state index in [0.29, 0.717) is 41.8 Å². The van der Waals surface area contributed by atoms with Gasteiger partial charge in [0.1, 0.15) is 5.75 Å². The maximum absolute atomic E-state index is 11.7. The molecule has 1 aromatic rings. The highest BCUT2D eigenvalue weighted by Crippen LogP contribution is 2.30. The highest BCUT2D eigenvalue weighted by molar-refractivity contribution is 6.30. The molecule has 1 saturated heterocycles. The fourth-order valence-electron chi connectivity index (χ4n) is 4.78. The minimum Gasteiger partial charge on any atom is -0.494 e. The molecule has 7 heteroatoms. The number of allylic oxidation sites excluding steroid dienone is 1. The standard InChI is InChI=1S/C25H38ClN3O3/c1-3-32-25-8-7-21(26)12-20(25)17-31-16-19-6-4-5-18(11-19)14-29-24(15-30)23-13-22(27-2)9-10-28-23/h7-8,12,15,18-19,22,27-29H,3-6,9-11,13-14,16-17H2,1-2H3/b24-23+. The van der Waals surface area contributed by atoms with Crippen molar-refractivity contribution < 1.29 is 14.3 Å². The van der Waals surface area contributed by atoms with Crippen LogP contribution in [0.15, 0.2) is 29.6 Å². The molecule has 0 amide bonds. The fraction of sp³-hybridized carbons (Fsp3) is 0.640. The minimum atomic E-state index is 0.432. The molecular weight excluding hydrogens is 426 g/mol. The first kappa shape index (κ1) is 24.9. The molecule has 2 fully saturated rings. The second-order valence-corrected chi connectivity index (χ2v) is 9.33. The van der Waals surface area contributed by atoms with Crippen LogP contribution in [0.2, 0.25) is 5.02 Å². The lowest BCUT2D eigenvalue weighted by Crippen LogP contribution is -2.39. The van der Waals surface area contributed by atoms with Gasteiger partial charge in [-0.05, 0) is 69.7 Å². The van der Waals surface area contributed by atoms with E-state index in [0.717, 1.165) is 62.3 Å². The number of rotatable bonds is 11. The Kier molecular flexibility index (Phi) is 10.2. The van der Waals surface area contributed by atoms with E-state index in [1.165, 1.54) is 19.3 Å². The minimum absolute atomic E-state index is 0.432. The van der Waals surface area contributed by atoms with E-state index in [9.17, 15) is 4.79 Å². The number of hydrogen-bond donors (Lipinski definition) is 3. The average molecular weight is 464 g/mol. The molecule has 3 rings (SSSR count). The van der Waals surface area contributed by atoms with Gasteiger partial charge in [-0.25, -0.2) is 0 Å². The summed E-state index contributed by atoms with van der Waals surface area (Å²) in [6.07, 6.45) is 7.62. The summed E-state index contributed by atoms with van der Waals surface area (Å²) in [6, 6.07) is 6.11. The molecule has 3 unspecified atom stereocenters. The third-order valence-corrected chi connectivity index (χ3v) is 6.77. The fourth-order valence-corrected chi connectivity index (χ4v) is 4.97. The summed E-state index contributed by atoms with van der Waals surface area (Å²) in [5, 5.41) is 10.9. The van der Waals surface area contributed by atoms with Crippen molar-refractivity contribution in [3.8, 4) is 5.75 Å². The summed E-state index contributed by atoms with van der Waals surface area (Å²) >= 11 is 6.15. The summed E-state index contributed by atoms with van der Waals surface area (Å²) in [5.41, 5.74) is 2.75. The molecule has 1 heterocycles. The smallest absolute Gasteiger partial charge is 0.167 e. The third-order valence-electron chi connectivity index (χ3n) is 6.54. The van der Waals surface area contributed by atoms with Crippen molar-refractivity contribution in [2.24, 2.45) is 11.8 Å². The largest absolute Gasteiger partial charge is 0.494 e. The van der Waals surface area contributed by atoms with Crippen molar-refractivity contribution in [3.05, 3.63) is 40.2 Å². The summed E-state index contributed by atoms with van der Waals surface area (Å²) in [5.74, 6) is 1.94. The number of carbonyl (C=O) groups is 1. The molecule has 3 atom stereocenters. The summed E-state index contributed by atoms with van der Waals surface area (Å²) < 4.78 is 11.8. The maximum atomic E-state index is 11.7. The van der Waals surface area contributed by atoms with Crippen LogP contribution in [-0.4, -0.2) is 45.7 Å². The van der Waals surface area contributed by atoms with Gasteiger partial charge in [0.2, 0.25) is 0 Å². The van der Waals surface area contributed by atoms with Crippen LogP contribution in [-0.2, 0) is 16.1 Å². The van der Waals surface area contributed by atoms with E-state index in [-0.39, 0.29) is 0 Å². The number of benzene rings is 1. The Morgan fingerprint density at radius 3 is 2.91 bits per heavy atom. The third kappa shape index (κ3) is 7.39. The predicted octanol–water partition coefficient (Wildman–Crippen LogP) is 4.03. The van der Waals surface area contributed by atoms with E-state index in [1.807, 2.05) is 32.2 Å². The Morgan fingerprint density at radius 1 is 1.28 bits per heavy atom. The van der Waals surface area contributed by atoms with Crippen molar-refractivity contribution in [1.82, 2.24) is 16.0 Å². The van der Waals surface area contributed by atoms with E-state index in [1.54, 1.807) is 0 Å². The van der Waals surface area contributed by atoms with Gasteiger partial charge in [-0.2, -0.15) is 0 Å². The SMILES string of the molecule is CCOc1ccc(Cl)cc1COCC1CCCC(CN/C(C=O)=C2\CC(NC)CCN2)C1. The topological polar surface area (TPSA) is 71.6 Å². The van der Waals surface area contributed by atoms with Crippen LogP contribution in [0.1, 0.15) is 51.0 Å². The quantitative estimate of drug-likeness (QED) is 0.340. The van der Waals surface area contributed by atoms with Gasteiger partial charge in [0.05, 0.1) is 18.9 Å². The van der Waals surface area contributed by atoms with Gasteiger partial charge in [-0.3, -0.25) is 4.79 Å². The molecule has 178 valence electrons. The van der Waals surface area contributed by atoms with Crippen molar-refractivity contribution in [3.63, 3.8) is 0 Å². The van der Waals surface area contributed by atoms with Crippen molar-refractivity contribution >= 4 is 17.9 Å². The molecule has 1 aliphatic heterocycles. The lowest BCUT2D eigenvalue weighted by Gasteiger charge is -2.30. The number of piperidine rings is 1. The number of carbonyl (C=O) groups excluding carboxylic acids is 1. The molecule has 1 aromatic carbocycles. The van der Waals surface area contributed by atoms with E-state index >= 15 is 0 Å². The lowest BCUT2D eigenvalue weighted by atomic mass is 9.81. The van der Waals surface area contributed by atoms with Gasteiger partial charge < -0.3 is 25.4 Å². The van der Waals surface area contributed by atoms with Crippen molar-refractivity contribution in [2.75, 3.05) is 33.4 Å². The summed E-state index contributed by atoms with van der Waals surface area (Å²) in [7, 11) is 1.98. The summed E-state index contributed by atoms with van der Waals surface area (Å²) in [4.78, 5) is 11.7. The van der Waals surface area contributed by atoms with Gasteiger partial charge in [-0.1, -0.05) is 18.0 Å². The van der Waals surface area contributed by atoms with Crippen molar-refractivity contribution in [1.29, 1.82) is 0 Å². The number of halogens is 1. The zero-order chi connectivity index (χ0) is 22.8. The molecule has 1 aliphatic carbocycles. The van der Waals surface area contributed by atoms with Gasteiger partial charge in [0, 0.05) is 48.4 Å². The summed E-state index contributed by atoms with van der Waals surface area (Å²) in [6.45, 7) is 5.58. The molecule has 0 spiro atoms. The van der Waals surface area contributed by atoms with Crippen LogP contribution in [0, 0.1) is 11.8 Å². The molecule has 32 heavy (non-hydrogen) atoms. The monoisotopic (exact) mass is 463 g/mol. The van der Waals surface area contributed by atoms with Gasteiger partial charge in [-0.15, -0.1) is 0 Å². The van der Waals surface area contributed by atoms with Gasteiger partial charge in [0.15, 0.2) is 6.29 Å². The zero-order valence-corrected chi connectivity index (χ0v) is 20.2. The first-order valence-electron chi connectivity index (χ1n) is 11.9. The second-order valence-electron chi connectivity index (χ2n) is 8.89. The van der Waals surface area contributed by atoms with Gasteiger partial charge >= 0.3 is 0 Å². The highest BCUT2D eigenvalue weighted by Gasteiger charge is 2.23. The Labute approximate surface area is 197 Å². The number of nitrogens with one attached hydrogen (secondary N) is 3. The van der Waals surface area contributed by atoms with Crippen LogP contribution >= 0.6 is 11.6 Å². The van der Waals surface area contributed by atoms with Crippen LogP contribution in [0.5, 0.6) is 5.75 Å². The van der Waals surface area contributed by atoms with Gasteiger partial charge in [0.25, 0.3) is 0 Å². The van der Waals surface area contributed by atoms with Crippen LogP contribution in [0.4, 0.5) is 0 Å². The van der Waals surface area contributed by atoms with Crippen molar-refractivity contribution in [2.45, 2.75) is 58.1 Å². The zero-order valence-electron chi connectivity index (χ0n) is 19.4. The molecular formula is C25H38ClN3O3. The predicted molar refractivity (Wildman–Crippen MR) is 129 cm³/mol. The van der Waals surface area contributed by atoms with Crippen LogP contribution < -0.4 is 20.7 Å². The average Bonchev–Trinajstić information content (AvgIpc) is 2.82. The Bertz CT molecular complexity index is 771. The number of hydrogen-bond acceptors (Lipinski definition) is 6. The van der Waals surface area contributed by atoms with Crippen LogP contribution in [0.3, 0.4) is 0 Å². The second kappa shape index (κ2) is 13.1. The Hall–Kier alpha value is -1.76. The molecule has 0 radical (unpaired) electrons. The highest BCUT2D eigenvalue weighted by atomic mass is 35.5. The number of aldehydes is 1. The normalized spacial score (nSPS) is 25.0. The van der Waals surface area contributed by atoms with E-state index in [2.05, 4.69) is 16.0 Å². The molecule has 6 nitrogen and oxygen atoms in total. The number of ether oxygens (including phenoxy) is 2. The first-order chi connectivity index (χ1) is 15.6. The van der Waals surface area contributed by atoms with E-state index in [4.69, 9.17) is 21.1 Å². The molecule has 0 aromatic heterocycles. The van der Waals surface area contributed by atoms with E-state index < -0.39 is 0 Å². The molecule has 3 N–H and O–H groups in total. The molecule has 1 saturated carbocycles. The first-order valence-corrected chi connectivity index (χ1v) is 12.3. The Balaban J connectivity index is 1.46. The molecule has 0 bridgehead atoms. The molecule has 2 aliphatic rings. The Morgan fingerprint density at radius 2 is 2.12 bits per heavy atom.